The molecule has 0 radical (unpaired) electrons. The van der Waals surface area contributed by atoms with Crippen LogP contribution in [-0.2, 0) is 14.8 Å². The summed E-state index contributed by atoms with van der Waals surface area (Å²) in [4.78, 5) is 0.283. The van der Waals surface area contributed by atoms with Gasteiger partial charge in [0.2, 0.25) is 10.0 Å². The van der Waals surface area contributed by atoms with Crippen molar-refractivity contribution in [3.05, 3.63) is 29.8 Å². The Hall–Kier alpha value is -0.910. The van der Waals surface area contributed by atoms with Crippen LogP contribution in [0.2, 0.25) is 0 Å². The van der Waals surface area contributed by atoms with Crippen LogP contribution in [0.1, 0.15) is 26.3 Å². The van der Waals surface area contributed by atoms with Crippen LogP contribution in [0.3, 0.4) is 0 Å². The number of rotatable bonds is 4. The van der Waals surface area contributed by atoms with Gasteiger partial charge in [0.15, 0.2) is 0 Å². The SMILES string of the molecule is Cc1ccc(S(=O)(=O)NC(C)(C)[C@]2(C)CO2)cc1. The van der Waals surface area contributed by atoms with E-state index in [-0.39, 0.29) is 4.90 Å². The summed E-state index contributed by atoms with van der Waals surface area (Å²) in [6, 6.07) is 6.81. The lowest BCUT2D eigenvalue weighted by molar-refractivity contribution is 0.211. The van der Waals surface area contributed by atoms with Crippen LogP contribution in [0.5, 0.6) is 0 Å². The molecule has 1 fully saturated rings. The van der Waals surface area contributed by atoms with Gasteiger partial charge in [0.05, 0.1) is 17.0 Å². The molecule has 1 N–H and O–H groups in total. The van der Waals surface area contributed by atoms with E-state index >= 15 is 0 Å². The summed E-state index contributed by atoms with van der Waals surface area (Å²) in [5.74, 6) is 0. The lowest BCUT2D eigenvalue weighted by atomic mass is 9.91. The van der Waals surface area contributed by atoms with E-state index in [1.807, 2.05) is 27.7 Å². The highest BCUT2D eigenvalue weighted by molar-refractivity contribution is 7.89. The third-order valence-corrected chi connectivity index (χ3v) is 5.29. The Balaban J connectivity index is 2.25. The molecule has 1 aliphatic heterocycles. The molecule has 1 saturated heterocycles. The van der Waals surface area contributed by atoms with E-state index in [0.29, 0.717) is 6.61 Å². The topological polar surface area (TPSA) is 58.7 Å². The summed E-state index contributed by atoms with van der Waals surface area (Å²) in [5, 5.41) is 0. The molecular weight excluding hydrogens is 250 g/mol. The standard InChI is InChI=1S/C13H19NO3S/c1-10-5-7-11(8-6-10)18(15,16)14-12(2,3)13(4)9-17-13/h5-8,14H,9H2,1-4H3/t13-/m0/s1. The van der Waals surface area contributed by atoms with Crippen LogP contribution in [0, 0.1) is 6.92 Å². The van der Waals surface area contributed by atoms with Crippen molar-refractivity contribution < 1.29 is 13.2 Å². The van der Waals surface area contributed by atoms with Gasteiger partial charge in [0.1, 0.15) is 5.60 Å². The van der Waals surface area contributed by atoms with E-state index in [4.69, 9.17) is 4.74 Å². The van der Waals surface area contributed by atoms with Crippen molar-refractivity contribution in [3.8, 4) is 0 Å². The van der Waals surface area contributed by atoms with Crippen LogP contribution in [-0.4, -0.2) is 26.2 Å². The van der Waals surface area contributed by atoms with Crippen molar-refractivity contribution in [2.24, 2.45) is 0 Å². The molecule has 0 spiro atoms. The summed E-state index contributed by atoms with van der Waals surface area (Å²) >= 11 is 0. The van der Waals surface area contributed by atoms with E-state index in [0.717, 1.165) is 5.56 Å². The van der Waals surface area contributed by atoms with E-state index in [1.54, 1.807) is 24.3 Å². The molecule has 0 aliphatic carbocycles. The first-order valence-corrected chi connectivity index (χ1v) is 7.39. The number of hydrogen-bond donors (Lipinski definition) is 1. The zero-order valence-electron chi connectivity index (χ0n) is 11.1. The molecule has 0 bridgehead atoms. The zero-order valence-corrected chi connectivity index (χ0v) is 12.0. The second-order valence-electron chi connectivity index (χ2n) is 5.56. The minimum atomic E-state index is -3.51. The van der Waals surface area contributed by atoms with Crippen molar-refractivity contribution in [3.63, 3.8) is 0 Å². The molecule has 0 saturated carbocycles. The van der Waals surface area contributed by atoms with Gasteiger partial charge in [-0.1, -0.05) is 17.7 Å². The quantitative estimate of drug-likeness (QED) is 0.849. The van der Waals surface area contributed by atoms with Gasteiger partial charge in [0.25, 0.3) is 0 Å². The number of ether oxygens (including phenoxy) is 1. The van der Waals surface area contributed by atoms with Crippen molar-refractivity contribution in [2.45, 2.75) is 43.7 Å². The molecule has 1 aromatic carbocycles. The van der Waals surface area contributed by atoms with Gasteiger partial charge in [-0.2, -0.15) is 0 Å². The Morgan fingerprint density at radius 2 is 1.78 bits per heavy atom. The molecule has 1 heterocycles. The maximum absolute atomic E-state index is 12.3. The summed E-state index contributed by atoms with van der Waals surface area (Å²) in [5.41, 5.74) is -0.00714. The number of aryl methyl sites for hydroxylation is 1. The Morgan fingerprint density at radius 3 is 2.22 bits per heavy atom. The van der Waals surface area contributed by atoms with Crippen LogP contribution in [0.25, 0.3) is 0 Å². The first-order chi connectivity index (χ1) is 8.16. The van der Waals surface area contributed by atoms with Crippen molar-refractivity contribution in [1.29, 1.82) is 0 Å². The number of nitrogens with one attached hydrogen (secondary N) is 1. The number of sulfonamides is 1. The Morgan fingerprint density at radius 1 is 1.28 bits per heavy atom. The van der Waals surface area contributed by atoms with E-state index in [9.17, 15) is 8.42 Å². The van der Waals surface area contributed by atoms with Crippen LogP contribution < -0.4 is 4.72 Å². The van der Waals surface area contributed by atoms with Gasteiger partial charge in [-0.05, 0) is 39.8 Å². The highest BCUT2D eigenvalue weighted by Crippen LogP contribution is 2.38. The molecule has 18 heavy (non-hydrogen) atoms. The summed E-state index contributed by atoms with van der Waals surface area (Å²) in [6.45, 7) is 8.09. The third-order valence-electron chi connectivity index (χ3n) is 3.62. The van der Waals surface area contributed by atoms with E-state index in [1.165, 1.54) is 0 Å². The van der Waals surface area contributed by atoms with Gasteiger partial charge >= 0.3 is 0 Å². The summed E-state index contributed by atoms with van der Waals surface area (Å²) in [7, 11) is -3.51. The summed E-state index contributed by atoms with van der Waals surface area (Å²) in [6.07, 6.45) is 0. The second-order valence-corrected chi connectivity index (χ2v) is 7.25. The second kappa shape index (κ2) is 4.05. The molecule has 4 nitrogen and oxygen atoms in total. The molecular formula is C13H19NO3S. The molecule has 0 amide bonds. The monoisotopic (exact) mass is 269 g/mol. The first-order valence-electron chi connectivity index (χ1n) is 5.91. The van der Waals surface area contributed by atoms with E-state index in [2.05, 4.69) is 4.72 Å². The molecule has 1 aromatic rings. The molecule has 2 rings (SSSR count). The molecule has 1 atom stereocenters. The minimum absolute atomic E-state index is 0.283. The number of epoxide rings is 1. The Labute approximate surface area is 108 Å². The minimum Gasteiger partial charge on any atom is -0.368 e. The van der Waals surface area contributed by atoms with Gasteiger partial charge < -0.3 is 4.74 Å². The predicted octanol–water partition coefficient (Wildman–Crippen LogP) is 1.84. The fraction of sp³-hybridized carbons (Fsp3) is 0.538. The Bertz CT molecular complexity index is 542. The number of benzene rings is 1. The Kier molecular flexibility index (Phi) is 3.04. The normalized spacial score (nSPS) is 24.0. The smallest absolute Gasteiger partial charge is 0.241 e. The number of hydrogen-bond acceptors (Lipinski definition) is 3. The fourth-order valence-electron chi connectivity index (χ4n) is 1.69. The maximum Gasteiger partial charge on any atom is 0.241 e. The highest BCUT2D eigenvalue weighted by Gasteiger charge is 2.54. The highest BCUT2D eigenvalue weighted by atomic mass is 32.2. The summed E-state index contributed by atoms with van der Waals surface area (Å²) < 4.78 is 32.6. The lowest BCUT2D eigenvalue weighted by Gasteiger charge is -2.30. The van der Waals surface area contributed by atoms with E-state index < -0.39 is 21.2 Å². The van der Waals surface area contributed by atoms with Gasteiger partial charge in [-0.25, -0.2) is 13.1 Å². The average molecular weight is 269 g/mol. The third kappa shape index (κ3) is 2.43. The van der Waals surface area contributed by atoms with Gasteiger partial charge in [-0.3, -0.25) is 0 Å². The average Bonchev–Trinajstić information content (AvgIpc) is 2.97. The van der Waals surface area contributed by atoms with Crippen molar-refractivity contribution in [1.82, 2.24) is 4.72 Å². The fourth-order valence-corrected chi connectivity index (χ4v) is 3.19. The van der Waals surface area contributed by atoms with Gasteiger partial charge in [0, 0.05) is 0 Å². The van der Waals surface area contributed by atoms with Gasteiger partial charge in [-0.15, -0.1) is 0 Å². The molecule has 5 heteroatoms. The van der Waals surface area contributed by atoms with Crippen LogP contribution >= 0.6 is 0 Å². The lowest BCUT2D eigenvalue weighted by Crippen LogP contribution is -2.53. The molecule has 1 aliphatic rings. The zero-order chi connectivity index (χ0) is 13.6. The predicted molar refractivity (Wildman–Crippen MR) is 69.9 cm³/mol. The van der Waals surface area contributed by atoms with Crippen molar-refractivity contribution >= 4 is 10.0 Å². The van der Waals surface area contributed by atoms with Crippen LogP contribution in [0.15, 0.2) is 29.2 Å². The molecule has 100 valence electrons. The largest absolute Gasteiger partial charge is 0.368 e. The maximum atomic E-state index is 12.3. The first kappa shape index (κ1) is 13.5. The molecule has 0 aromatic heterocycles. The van der Waals surface area contributed by atoms with Crippen LogP contribution in [0.4, 0.5) is 0 Å². The van der Waals surface area contributed by atoms with Crippen molar-refractivity contribution in [2.75, 3.05) is 6.61 Å². The molecule has 0 unspecified atom stereocenters.